The highest BCUT2D eigenvalue weighted by atomic mass is 79.9. The van der Waals surface area contributed by atoms with Gasteiger partial charge >= 0.3 is 24.6 Å². The van der Waals surface area contributed by atoms with Crippen LogP contribution in [-0.4, -0.2) is 0 Å². The summed E-state index contributed by atoms with van der Waals surface area (Å²) in [7, 11) is 0. The summed E-state index contributed by atoms with van der Waals surface area (Å²) in [6.45, 7) is 0. The Balaban J connectivity index is 0.000000208. The normalized spacial score (nSPS) is 12.1. The van der Waals surface area contributed by atoms with Crippen LogP contribution in [0, 0.1) is 0 Å². The second-order valence-electron chi connectivity index (χ2n) is 11.4. The number of alkyl halides is 10. The van der Waals surface area contributed by atoms with Gasteiger partial charge in [0.1, 0.15) is 11.5 Å². The van der Waals surface area contributed by atoms with Crippen molar-refractivity contribution in [3.05, 3.63) is 177 Å². The topological polar surface area (TPSA) is 18.5 Å². The van der Waals surface area contributed by atoms with E-state index in [4.69, 9.17) is 9.47 Å². The van der Waals surface area contributed by atoms with Crippen LogP contribution in [0.1, 0.15) is 22.3 Å². The van der Waals surface area contributed by atoms with Crippen molar-refractivity contribution in [3.8, 4) is 33.8 Å². The van der Waals surface area contributed by atoms with Crippen molar-refractivity contribution in [2.75, 3.05) is 0 Å². The third-order valence-corrected chi connectivity index (χ3v) is 9.05. The van der Waals surface area contributed by atoms with Gasteiger partial charge in [0.2, 0.25) is 0 Å². The molecule has 0 atom stereocenters. The molecule has 0 aliphatic rings. The first-order valence-electron chi connectivity index (χ1n) is 15.5. The van der Waals surface area contributed by atoms with Gasteiger partial charge in [0.05, 0.1) is 22.3 Å². The summed E-state index contributed by atoms with van der Waals surface area (Å²) < 4.78 is 143. The summed E-state index contributed by atoms with van der Waals surface area (Å²) in [4.78, 5) is 0. The smallest absolute Gasteiger partial charge is 0.427 e. The molecule has 6 aromatic carbocycles. The van der Waals surface area contributed by atoms with Gasteiger partial charge in [0.25, 0.3) is 0 Å². The maximum Gasteiger partial charge on any atom is 0.427 e. The molecule has 0 unspecified atom stereocenters. The zero-order valence-electron chi connectivity index (χ0n) is 27.2. The van der Waals surface area contributed by atoms with Crippen LogP contribution < -0.4 is 9.47 Å². The van der Waals surface area contributed by atoms with Gasteiger partial charge < -0.3 is 9.47 Å². The number of ether oxygens (including phenoxy) is 2. The molecule has 0 amide bonds. The first-order chi connectivity index (χ1) is 25.3. The van der Waals surface area contributed by atoms with Gasteiger partial charge in [0, 0.05) is 8.95 Å². The molecule has 0 heterocycles. The lowest BCUT2D eigenvalue weighted by Crippen LogP contribution is -2.22. The van der Waals surface area contributed by atoms with Crippen molar-refractivity contribution >= 4 is 31.9 Å². The third kappa shape index (κ3) is 10.2. The Kier molecular flexibility index (Phi) is 12.2. The fourth-order valence-corrected chi connectivity index (χ4v) is 5.97. The van der Waals surface area contributed by atoms with Gasteiger partial charge in [-0.2, -0.15) is 43.9 Å². The highest BCUT2D eigenvalue weighted by Crippen LogP contribution is 2.39. The molecular weight excluding hydrogens is 862 g/mol. The van der Waals surface area contributed by atoms with Gasteiger partial charge in [-0.1, -0.05) is 105 Å². The lowest BCUT2D eigenvalue weighted by Gasteiger charge is -2.19. The Morgan fingerprint density at radius 1 is 0.333 bits per heavy atom. The molecule has 0 radical (unpaired) electrons. The van der Waals surface area contributed by atoms with Gasteiger partial charge in [-0.15, -0.1) is 0 Å². The predicted molar refractivity (Wildman–Crippen MR) is 191 cm³/mol. The fraction of sp³-hybridized carbons (Fsp3) is 0.100. The molecule has 0 fully saturated rings. The average Bonchev–Trinajstić information content (AvgIpc) is 3.12. The Hall–Kier alpha value is -4.82. The number of hydrogen-bond donors (Lipinski definition) is 0. The van der Waals surface area contributed by atoms with Crippen molar-refractivity contribution in [3.63, 3.8) is 0 Å². The van der Waals surface area contributed by atoms with E-state index in [9.17, 15) is 43.9 Å². The van der Waals surface area contributed by atoms with Gasteiger partial charge in [0.15, 0.2) is 0 Å². The first kappa shape index (κ1) is 40.4. The molecule has 0 aromatic heterocycles. The van der Waals surface area contributed by atoms with Crippen molar-refractivity contribution in [2.45, 2.75) is 24.6 Å². The maximum absolute atomic E-state index is 14.3. The van der Waals surface area contributed by atoms with E-state index in [1.807, 2.05) is 0 Å². The third-order valence-electron chi connectivity index (χ3n) is 7.67. The van der Waals surface area contributed by atoms with Crippen LogP contribution >= 0.6 is 31.9 Å². The summed E-state index contributed by atoms with van der Waals surface area (Å²) in [5.74, 6) is -0.127. The summed E-state index contributed by atoms with van der Waals surface area (Å²) in [5, 5.41) is 0. The van der Waals surface area contributed by atoms with E-state index in [1.165, 1.54) is 109 Å². The van der Waals surface area contributed by atoms with E-state index in [2.05, 4.69) is 31.9 Å². The summed E-state index contributed by atoms with van der Waals surface area (Å²) >= 11 is 6.13. The quantitative estimate of drug-likeness (QED) is 0.142. The van der Waals surface area contributed by atoms with E-state index in [1.54, 1.807) is 12.1 Å². The Morgan fingerprint density at radius 2 is 0.593 bits per heavy atom. The standard InChI is InChI=1S/2C20H12BrF5O/c2*21-18-4-2-1-3-17(18)20(25,26)27-16-11-7-14(8-12-16)13-5-9-15(10-6-13)19(22,23)24/h2*1-12H. The molecule has 2 nitrogen and oxygen atoms in total. The van der Waals surface area contributed by atoms with Gasteiger partial charge in [-0.05, 0) is 95.1 Å². The Morgan fingerprint density at radius 3 is 0.852 bits per heavy atom. The second kappa shape index (κ2) is 16.3. The molecule has 0 N–H and O–H groups in total. The fourth-order valence-electron chi connectivity index (χ4n) is 4.93. The van der Waals surface area contributed by atoms with E-state index < -0.39 is 35.7 Å². The molecule has 0 bridgehead atoms. The van der Waals surface area contributed by atoms with E-state index in [0.29, 0.717) is 22.3 Å². The molecule has 14 heteroatoms. The predicted octanol–water partition coefficient (Wildman–Crippen LogP) is 14.5. The summed E-state index contributed by atoms with van der Waals surface area (Å²) in [6, 6.07) is 32.3. The van der Waals surface area contributed by atoms with Crippen LogP contribution in [-0.2, 0) is 24.6 Å². The molecule has 0 saturated carbocycles. The maximum atomic E-state index is 14.3. The van der Waals surface area contributed by atoms with E-state index >= 15 is 0 Å². The molecule has 0 aliphatic heterocycles. The van der Waals surface area contributed by atoms with Crippen LogP contribution in [0.2, 0.25) is 0 Å². The summed E-state index contributed by atoms with van der Waals surface area (Å²) in [6.07, 6.45) is -15.9. The minimum absolute atomic E-state index is 0.0635. The van der Waals surface area contributed by atoms with Crippen molar-refractivity contribution < 1.29 is 53.4 Å². The van der Waals surface area contributed by atoms with Crippen molar-refractivity contribution in [2.24, 2.45) is 0 Å². The highest BCUT2D eigenvalue weighted by molar-refractivity contribution is 9.10. The molecule has 0 saturated heterocycles. The highest BCUT2D eigenvalue weighted by Gasteiger charge is 2.37. The zero-order chi connectivity index (χ0) is 39.3. The molecule has 280 valence electrons. The molecule has 0 spiro atoms. The summed E-state index contributed by atoms with van der Waals surface area (Å²) in [5.41, 5.74) is 0.118. The van der Waals surface area contributed by atoms with Crippen LogP contribution in [0.3, 0.4) is 0 Å². The van der Waals surface area contributed by atoms with E-state index in [0.717, 1.165) is 24.3 Å². The lowest BCUT2D eigenvalue weighted by molar-refractivity contribution is -0.186. The van der Waals surface area contributed by atoms with Crippen LogP contribution in [0.25, 0.3) is 22.3 Å². The number of halogens is 12. The monoisotopic (exact) mass is 884 g/mol. The number of hydrogen-bond acceptors (Lipinski definition) is 2. The van der Waals surface area contributed by atoms with Gasteiger partial charge in [-0.25, -0.2) is 0 Å². The molecular formula is C40H24Br2F10O2. The molecule has 6 rings (SSSR count). The molecule has 0 aliphatic carbocycles. The zero-order valence-corrected chi connectivity index (χ0v) is 30.4. The Bertz CT molecular complexity index is 1990. The van der Waals surface area contributed by atoms with Crippen LogP contribution in [0.15, 0.2) is 155 Å². The van der Waals surface area contributed by atoms with Crippen LogP contribution in [0.4, 0.5) is 43.9 Å². The lowest BCUT2D eigenvalue weighted by atomic mass is 10.0. The largest absolute Gasteiger partial charge is 0.429 e. The minimum atomic E-state index is -4.41. The number of rotatable bonds is 8. The minimum Gasteiger partial charge on any atom is -0.429 e. The van der Waals surface area contributed by atoms with E-state index in [-0.39, 0.29) is 31.6 Å². The SMILES string of the molecule is FC(F)(F)c1ccc(-c2ccc(OC(F)(F)c3ccccc3Br)cc2)cc1.FC(F)(F)c1ccc(-c2ccc(OC(F)(F)c3ccccc3Br)cc2)cc1. The second-order valence-corrected chi connectivity index (χ2v) is 13.1. The average molecular weight is 886 g/mol. The number of benzene rings is 6. The molecule has 54 heavy (non-hydrogen) atoms. The van der Waals surface area contributed by atoms with Crippen LogP contribution in [0.5, 0.6) is 11.5 Å². The Labute approximate surface area is 319 Å². The molecule has 6 aromatic rings. The first-order valence-corrected chi connectivity index (χ1v) is 17.1. The van der Waals surface area contributed by atoms with Crippen molar-refractivity contribution in [1.29, 1.82) is 0 Å². The van der Waals surface area contributed by atoms with Crippen molar-refractivity contribution in [1.82, 2.24) is 0 Å². The van der Waals surface area contributed by atoms with Gasteiger partial charge in [-0.3, -0.25) is 0 Å².